The number of Topliss-reactive ketones (excluding diaryl/α,β-unsaturated/α-hetero) is 1. The predicted octanol–water partition coefficient (Wildman–Crippen LogP) is 4.64. The Bertz CT molecular complexity index is 1470. The summed E-state index contributed by atoms with van der Waals surface area (Å²) in [6.07, 6.45) is 5.50. The molecule has 0 saturated carbocycles. The molecule has 0 spiro atoms. The van der Waals surface area contributed by atoms with Gasteiger partial charge in [0.1, 0.15) is 11.6 Å². The summed E-state index contributed by atoms with van der Waals surface area (Å²) in [7, 11) is 1.56. The first-order valence-corrected chi connectivity index (χ1v) is 10.2. The summed E-state index contributed by atoms with van der Waals surface area (Å²) < 4.78 is 5.33. The van der Waals surface area contributed by atoms with Crippen molar-refractivity contribution in [2.75, 3.05) is 7.11 Å². The smallest absolute Gasteiger partial charge is 0.195 e. The molecule has 5 heteroatoms. The molecule has 0 unspecified atom stereocenters. The normalized spacial score (nSPS) is 15.8. The molecule has 0 radical (unpaired) electrons. The number of fused-ring (bicyclic) bond motifs is 3. The monoisotopic (exact) mass is 406 g/mol. The molecular formula is C26H18N2O3. The van der Waals surface area contributed by atoms with Crippen molar-refractivity contribution >= 4 is 33.7 Å². The zero-order chi connectivity index (χ0) is 21.4. The Kier molecular flexibility index (Phi) is 3.46. The number of amidine groups is 1. The van der Waals surface area contributed by atoms with Crippen LogP contribution in [0.1, 0.15) is 50.2 Å². The summed E-state index contributed by atoms with van der Waals surface area (Å²) in [6, 6.07) is 11.0. The Balaban J connectivity index is 1.83. The maximum Gasteiger partial charge on any atom is 0.195 e. The van der Waals surface area contributed by atoms with Crippen LogP contribution >= 0.6 is 0 Å². The molecule has 0 bridgehead atoms. The van der Waals surface area contributed by atoms with E-state index in [0.717, 1.165) is 45.9 Å². The Morgan fingerprint density at radius 3 is 2.48 bits per heavy atom. The second-order valence-corrected chi connectivity index (χ2v) is 8.07. The lowest BCUT2D eigenvalue weighted by Crippen LogP contribution is -2.23. The van der Waals surface area contributed by atoms with Gasteiger partial charge in [0.05, 0.1) is 7.11 Å². The van der Waals surface area contributed by atoms with Crippen LogP contribution in [0, 0.1) is 5.41 Å². The molecule has 0 saturated heterocycles. The molecule has 3 aliphatic carbocycles. The lowest BCUT2D eigenvalue weighted by molar-refractivity contribution is 0.103. The minimum Gasteiger partial charge on any atom is -0.497 e. The molecule has 31 heavy (non-hydrogen) atoms. The Morgan fingerprint density at radius 1 is 0.935 bits per heavy atom. The quantitative estimate of drug-likeness (QED) is 0.374. The minimum absolute atomic E-state index is 0.0144. The molecule has 0 aliphatic heterocycles. The highest BCUT2D eigenvalue weighted by Crippen LogP contribution is 2.49. The molecular weight excluding hydrogens is 388 g/mol. The topological polar surface area (TPSA) is 93.2 Å². The van der Waals surface area contributed by atoms with Gasteiger partial charge >= 0.3 is 0 Å². The van der Waals surface area contributed by atoms with Crippen LogP contribution in [0.2, 0.25) is 0 Å². The maximum absolute atomic E-state index is 13.7. The molecule has 3 N–H and O–H groups in total. The van der Waals surface area contributed by atoms with Crippen molar-refractivity contribution in [3.8, 4) is 16.9 Å². The van der Waals surface area contributed by atoms with E-state index < -0.39 is 0 Å². The number of ketones is 2. The molecule has 150 valence electrons. The van der Waals surface area contributed by atoms with E-state index in [9.17, 15) is 9.59 Å². The zero-order valence-electron chi connectivity index (χ0n) is 16.8. The molecule has 3 aromatic carbocycles. The minimum atomic E-state index is -0.203. The van der Waals surface area contributed by atoms with Gasteiger partial charge in [-0.15, -0.1) is 0 Å². The van der Waals surface area contributed by atoms with Crippen molar-refractivity contribution in [3.63, 3.8) is 0 Å². The van der Waals surface area contributed by atoms with E-state index >= 15 is 0 Å². The van der Waals surface area contributed by atoms with Crippen LogP contribution in [0.15, 0.2) is 54.1 Å². The standard InChI is InChI=1S/C26H18N2O3/c1-31-12-6-7-14-15-8-9-17-21-18(13-4-2-3-5-16(13)24(17)29)11-20(26(27)28)23(22(15)21)25(30)19(14)10-12/h3,5-11H,2,4H2,1H3,(H3,27,28). The van der Waals surface area contributed by atoms with Crippen LogP contribution in [0.4, 0.5) is 0 Å². The van der Waals surface area contributed by atoms with Gasteiger partial charge in [0.2, 0.25) is 0 Å². The van der Waals surface area contributed by atoms with Crippen LogP contribution in [0.5, 0.6) is 5.75 Å². The maximum atomic E-state index is 13.7. The van der Waals surface area contributed by atoms with E-state index in [4.69, 9.17) is 15.9 Å². The fourth-order valence-electron chi connectivity index (χ4n) is 5.17. The molecule has 0 fully saturated rings. The predicted molar refractivity (Wildman–Crippen MR) is 120 cm³/mol. The second-order valence-electron chi connectivity index (χ2n) is 8.07. The summed E-state index contributed by atoms with van der Waals surface area (Å²) in [4.78, 5) is 27.0. The van der Waals surface area contributed by atoms with Crippen LogP contribution in [0.25, 0.3) is 27.5 Å². The van der Waals surface area contributed by atoms with E-state index in [1.165, 1.54) is 0 Å². The largest absolute Gasteiger partial charge is 0.497 e. The number of allylic oxidation sites excluding steroid dienone is 4. The number of benzene rings is 3. The number of carbonyl (C=O) groups excluding carboxylic acids is 2. The van der Waals surface area contributed by atoms with E-state index in [1.54, 1.807) is 13.2 Å². The SMILES string of the molecule is COc1ccc2c(c1)C(=O)c1c(C(=N)N)cc3c4c(ccc-2c14)C(=O)C1=C3CCC=C1. The van der Waals surface area contributed by atoms with Crippen LogP contribution < -0.4 is 10.5 Å². The Hall–Kier alpha value is -3.99. The Labute approximate surface area is 178 Å². The van der Waals surface area contributed by atoms with Crippen LogP contribution in [0.3, 0.4) is 0 Å². The van der Waals surface area contributed by atoms with Gasteiger partial charge in [-0.2, -0.15) is 0 Å². The molecule has 0 atom stereocenters. The molecule has 3 aliphatic rings. The van der Waals surface area contributed by atoms with Gasteiger partial charge in [-0.05, 0) is 65.4 Å². The lowest BCUT2D eigenvalue weighted by Gasteiger charge is -2.29. The fraction of sp³-hybridized carbons (Fsp3) is 0.115. The van der Waals surface area contributed by atoms with Crippen molar-refractivity contribution in [1.82, 2.24) is 0 Å². The first-order chi connectivity index (χ1) is 15.0. The number of hydrogen-bond donors (Lipinski definition) is 2. The molecule has 0 heterocycles. The third-order valence-electron chi connectivity index (χ3n) is 6.55. The van der Waals surface area contributed by atoms with Crippen LogP contribution in [-0.4, -0.2) is 24.5 Å². The number of ether oxygens (including phenoxy) is 1. The zero-order valence-corrected chi connectivity index (χ0v) is 16.8. The molecule has 5 nitrogen and oxygen atoms in total. The number of rotatable bonds is 2. The number of nitrogens with one attached hydrogen (secondary N) is 1. The highest BCUT2D eigenvalue weighted by Gasteiger charge is 2.35. The van der Waals surface area contributed by atoms with Crippen LogP contribution in [-0.2, 0) is 0 Å². The third kappa shape index (κ3) is 2.18. The highest BCUT2D eigenvalue weighted by atomic mass is 16.5. The van der Waals surface area contributed by atoms with Crippen molar-refractivity contribution < 1.29 is 14.3 Å². The van der Waals surface area contributed by atoms with E-state index in [1.807, 2.05) is 42.5 Å². The van der Waals surface area contributed by atoms with Crippen molar-refractivity contribution in [2.24, 2.45) is 5.73 Å². The summed E-state index contributed by atoms with van der Waals surface area (Å²) in [5.74, 6) is 0.213. The highest BCUT2D eigenvalue weighted by molar-refractivity contribution is 6.35. The summed E-state index contributed by atoms with van der Waals surface area (Å²) >= 11 is 0. The number of carbonyl (C=O) groups is 2. The van der Waals surface area contributed by atoms with Gasteiger partial charge in [0.15, 0.2) is 11.6 Å². The number of nitrogen functional groups attached to an aromatic ring is 1. The lowest BCUT2D eigenvalue weighted by atomic mass is 9.72. The van der Waals surface area contributed by atoms with Gasteiger partial charge < -0.3 is 10.5 Å². The van der Waals surface area contributed by atoms with E-state index in [2.05, 4.69) is 0 Å². The summed E-state index contributed by atoms with van der Waals surface area (Å²) in [5.41, 5.74) is 12.1. The summed E-state index contributed by atoms with van der Waals surface area (Å²) in [6.45, 7) is 0. The summed E-state index contributed by atoms with van der Waals surface area (Å²) in [5, 5.41) is 9.74. The van der Waals surface area contributed by atoms with Gasteiger partial charge in [0, 0.05) is 38.6 Å². The van der Waals surface area contributed by atoms with Crippen molar-refractivity contribution in [3.05, 3.63) is 81.9 Å². The first kappa shape index (κ1) is 17.8. The van der Waals surface area contributed by atoms with E-state index in [-0.39, 0.29) is 17.4 Å². The van der Waals surface area contributed by atoms with Gasteiger partial charge in [-0.1, -0.05) is 18.2 Å². The third-order valence-corrected chi connectivity index (χ3v) is 6.55. The van der Waals surface area contributed by atoms with E-state index in [0.29, 0.717) is 33.6 Å². The number of nitrogens with two attached hydrogens (primary N) is 1. The molecule has 0 aromatic heterocycles. The van der Waals surface area contributed by atoms with Crippen molar-refractivity contribution in [1.29, 1.82) is 5.41 Å². The van der Waals surface area contributed by atoms with Gasteiger partial charge in [-0.25, -0.2) is 0 Å². The van der Waals surface area contributed by atoms with Crippen molar-refractivity contribution in [2.45, 2.75) is 12.8 Å². The van der Waals surface area contributed by atoms with Gasteiger partial charge in [-0.3, -0.25) is 15.0 Å². The molecule has 6 rings (SSSR count). The average molecular weight is 406 g/mol. The number of hydrogen-bond acceptors (Lipinski definition) is 4. The molecule has 0 amide bonds. The Morgan fingerprint density at radius 2 is 1.71 bits per heavy atom. The van der Waals surface area contributed by atoms with Gasteiger partial charge in [0.25, 0.3) is 0 Å². The fourth-order valence-corrected chi connectivity index (χ4v) is 5.17. The second kappa shape index (κ2) is 6.01. The number of methoxy groups -OCH3 is 1. The average Bonchev–Trinajstić information content (AvgIpc) is 2.80. The first-order valence-electron chi connectivity index (χ1n) is 10.2. The molecule has 3 aromatic rings.